The van der Waals surface area contributed by atoms with Gasteiger partial charge in [0.25, 0.3) is 0 Å². The molecule has 0 radical (unpaired) electrons. The topological polar surface area (TPSA) is 9.23 Å². The summed E-state index contributed by atoms with van der Waals surface area (Å²) in [6, 6.07) is 6.59. The van der Waals surface area contributed by atoms with Crippen molar-refractivity contribution in [3.05, 3.63) is 29.3 Å². The van der Waals surface area contributed by atoms with Gasteiger partial charge in [-0.25, -0.2) is 0 Å². The van der Waals surface area contributed by atoms with Gasteiger partial charge in [0.05, 0.1) is 6.61 Å². The van der Waals surface area contributed by atoms with Crippen LogP contribution >= 0.6 is 0 Å². The van der Waals surface area contributed by atoms with E-state index in [-0.39, 0.29) is 5.41 Å². The Labute approximate surface area is 124 Å². The van der Waals surface area contributed by atoms with Crippen molar-refractivity contribution in [2.75, 3.05) is 6.61 Å². The minimum Gasteiger partial charge on any atom is -0.494 e. The highest BCUT2D eigenvalue weighted by atomic mass is 16.5. The van der Waals surface area contributed by atoms with Gasteiger partial charge >= 0.3 is 0 Å². The van der Waals surface area contributed by atoms with Crippen LogP contribution in [0.15, 0.2) is 18.2 Å². The Bertz CT molecular complexity index is 497. The van der Waals surface area contributed by atoms with Gasteiger partial charge in [-0.2, -0.15) is 0 Å². The summed E-state index contributed by atoms with van der Waals surface area (Å²) in [6.07, 6.45) is 0. The molecule has 1 aromatic rings. The standard InChI is InChI=1S/C19H28O/c1-8-10-14(3)15(4)17-13-16(19(5,6)7)11-12-18(17)20-9-2/h11-15H,9H2,1-7H3. The Balaban J connectivity index is 3.26. The fourth-order valence-electron chi connectivity index (χ4n) is 2.28. The first kappa shape index (κ1) is 16.6. The van der Waals surface area contributed by atoms with E-state index in [1.54, 1.807) is 0 Å². The van der Waals surface area contributed by atoms with Gasteiger partial charge in [0.1, 0.15) is 5.75 Å². The predicted octanol–water partition coefficient (Wildman–Crippen LogP) is 5.15. The van der Waals surface area contributed by atoms with Crippen molar-refractivity contribution in [3.8, 4) is 17.6 Å². The molecule has 20 heavy (non-hydrogen) atoms. The Kier molecular flexibility index (Phi) is 5.69. The van der Waals surface area contributed by atoms with Crippen LogP contribution in [0.1, 0.15) is 65.5 Å². The van der Waals surface area contributed by atoms with E-state index in [2.05, 4.69) is 64.7 Å². The highest BCUT2D eigenvalue weighted by Gasteiger charge is 2.21. The second-order valence-electron chi connectivity index (χ2n) is 6.41. The first-order valence-electron chi connectivity index (χ1n) is 7.50. The molecule has 0 aromatic heterocycles. The first-order valence-corrected chi connectivity index (χ1v) is 7.50. The molecule has 1 nitrogen and oxygen atoms in total. The molecule has 0 aliphatic rings. The minimum absolute atomic E-state index is 0.152. The van der Waals surface area contributed by atoms with Gasteiger partial charge in [0.15, 0.2) is 0 Å². The molecule has 0 saturated heterocycles. The van der Waals surface area contributed by atoms with Crippen LogP contribution in [0.5, 0.6) is 5.75 Å². The largest absolute Gasteiger partial charge is 0.494 e. The lowest BCUT2D eigenvalue weighted by Crippen LogP contribution is -2.14. The average Bonchev–Trinajstić information content (AvgIpc) is 2.37. The lowest BCUT2D eigenvalue weighted by Gasteiger charge is -2.24. The molecule has 1 aromatic carbocycles. The summed E-state index contributed by atoms with van der Waals surface area (Å²) in [4.78, 5) is 0. The van der Waals surface area contributed by atoms with E-state index in [4.69, 9.17) is 4.74 Å². The van der Waals surface area contributed by atoms with Gasteiger partial charge < -0.3 is 4.74 Å². The van der Waals surface area contributed by atoms with E-state index in [9.17, 15) is 0 Å². The first-order chi connectivity index (χ1) is 9.31. The molecule has 0 bridgehead atoms. The van der Waals surface area contributed by atoms with E-state index >= 15 is 0 Å². The molecule has 0 heterocycles. The lowest BCUT2D eigenvalue weighted by molar-refractivity contribution is 0.332. The molecule has 110 valence electrons. The van der Waals surface area contributed by atoms with Crippen molar-refractivity contribution in [1.82, 2.24) is 0 Å². The molecule has 2 atom stereocenters. The Hall–Kier alpha value is -1.42. The molecular weight excluding hydrogens is 244 g/mol. The van der Waals surface area contributed by atoms with Gasteiger partial charge in [0, 0.05) is 5.92 Å². The Morgan fingerprint density at radius 1 is 1.20 bits per heavy atom. The van der Waals surface area contributed by atoms with E-state index in [0.717, 1.165) is 5.75 Å². The summed E-state index contributed by atoms with van der Waals surface area (Å²) < 4.78 is 5.81. The molecule has 0 fully saturated rings. The predicted molar refractivity (Wildman–Crippen MR) is 87.3 cm³/mol. The molecule has 0 amide bonds. The Morgan fingerprint density at radius 3 is 2.35 bits per heavy atom. The zero-order valence-electron chi connectivity index (χ0n) is 14.0. The number of hydrogen-bond acceptors (Lipinski definition) is 1. The Morgan fingerprint density at radius 2 is 1.85 bits per heavy atom. The highest BCUT2D eigenvalue weighted by molar-refractivity contribution is 5.42. The molecule has 2 unspecified atom stereocenters. The molecule has 0 aliphatic heterocycles. The number of ether oxygens (including phenoxy) is 1. The molecule has 0 spiro atoms. The second kappa shape index (κ2) is 6.84. The maximum absolute atomic E-state index is 5.81. The van der Waals surface area contributed by atoms with E-state index < -0.39 is 0 Å². The maximum Gasteiger partial charge on any atom is 0.122 e. The van der Waals surface area contributed by atoms with E-state index in [0.29, 0.717) is 18.4 Å². The monoisotopic (exact) mass is 272 g/mol. The number of hydrogen-bond donors (Lipinski definition) is 0. The van der Waals surface area contributed by atoms with Crippen LogP contribution in [-0.4, -0.2) is 6.61 Å². The van der Waals surface area contributed by atoms with Crippen LogP contribution in [-0.2, 0) is 5.41 Å². The summed E-state index contributed by atoms with van der Waals surface area (Å²) in [5.74, 6) is 7.98. The van der Waals surface area contributed by atoms with Gasteiger partial charge in [-0.05, 0) is 42.4 Å². The van der Waals surface area contributed by atoms with Crippen LogP contribution in [0.2, 0.25) is 0 Å². The van der Waals surface area contributed by atoms with Crippen LogP contribution in [0, 0.1) is 17.8 Å². The SMILES string of the molecule is CC#CC(C)C(C)c1cc(C(C)(C)C)ccc1OCC. The van der Waals surface area contributed by atoms with Gasteiger partial charge in [-0.1, -0.05) is 52.7 Å². The van der Waals surface area contributed by atoms with Crippen molar-refractivity contribution >= 4 is 0 Å². The fourth-order valence-corrected chi connectivity index (χ4v) is 2.28. The maximum atomic E-state index is 5.81. The van der Waals surface area contributed by atoms with Gasteiger partial charge in [0.2, 0.25) is 0 Å². The minimum atomic E-state index is 0.152. The third kappa shape index (κ3) is 4.04. The van der Waals surface area contributed by atoms with Crippen LogP contribution < -0.4 is 4.74 Å². The van der Waals surface area contributed by atoms with Gasteiger partial charge in [-0.3, -0.25) is 0 Å². The highest BCUT2D eigenvalue weighted by Crippen LogP contribution is 2.35. The zero-order valence-corrected chi connectivity index (χ0v) is 14.0. The molecule has 1 heteroatoms. The van der Waals surface area contributed by atoms with Crippen molar-refractivity contribution < 1.29 is 4.74 Å². The molecule has 1 rings (SSSR count). The van der Waals surface area contributed by atoms with E-state index in [1.807, 2.05) is 13.8 Å². The van der Waals surface area contributed by atoms with Crippen molar-refractivity contribution in [1.29, 1.82) is 0 Å². The normalized spacial score (nSPS) is 14.2. The van der Waals surface area contributed by atoms with E-state index in [1.165, 1.54) is 11.1 Å². The van der Waals surface area contributed by atoms with Crippen molar-refractivity contribution in [3.63, 3.8) is 0 Å². The quantitative estimate of drug-likeness (QED) is 0.689. The lowest BCUT2D eigenvalue weighted by atomic mass is 9.82. The molecule has 0 N–H and O–H groups in total. The van der Waals surface area contributed by atoms with Crippen LogP contribution in [0.3, 0.4) is 0 Å². The summed E-state index contributed by atoms with van der Waals surface area (Å²) in [5.41, 5.74) is 2.77. The third-order valence-corrected chi connectivity index (χ3v) is 3.79. The zero-order chi connectivity index (χ0) is 15.3. The molecule has 0 saturated carbocycles. The molecular formula is C19H28O. The third-order valence-electron chi connectivity index (χ3n) is 3.79. The summed E-state index contributed by atoms with van der Waals surface area (Å²) in [6.45, 7) is 15.8. The average molecular weight is 272 g/mol. The summed E-state index contributed by atoms with van der Waals surface area (Å²) in [5, 5.41) is 0. The summed E-state index contributed by atoms with van der Waals surface area (Å²) >= 11 is 0. The van der Waals surface area contributed by atoms with Crippen molar-refractivity contribution in [2.45, 2.75) is 59.8 Å². The molecule has 0 aliphatic carbocycles. The second-order valence-corrected chi connectivity index (χ2v) is 6.41. The van der Waals surface area contributed by atoms with Crippen LogP contribution in [0.4, 0.5) is 0 Å². The summed E-state index contributed by atoms with van der Waals surface area (Å²) in [7, 11) is 0. The smallest absolute Gasteiger partial charge is 0.122 e. The number of benzene rings is 1. The van der Waals surface area contributed by atoms with Gasteiger partial charge in [-0.15, -0.1) is 5.92 Å². The van der Waals surface area contributed by atoms with Crippen LogP contribution in [0.25, 0.3) is 0 Å². The number of rotatable bonds is 4. The van der Waals surface area contributed by atoms with Crippen molar-refractivity contribution in [2.24, 2.45) is 5.92 Å². The fraction of sp³-hybridized carbons (Fsp3) is 0.579.